The lowest BCUT2D eigenvalue weighted by Gasteiger charge is -2.23. The van der Waals surface area contributed by atoms with E-state index < -0.39 is 10.8 Å². The molecule has 0 atom stereocenters. The molecule has 0 bridgehead atoms. The average molecular weight is 443 g/mol. The lowest BCUT2D eigenvalue weighted by Crippen LogP contribution is -3.12. The molecule has 2 aromatic heterocycles. The molecule has 1 saturated heterocycles. The Bertz CT molecular complexity index is 1150. The molecular formula is C17H19N10O5+. The van der Waals surface area contributed by atoms with Gasteiger partial charge in [-0.15, -0.1) is 5.10 Å². The number of nitro groups is 1. The van der Waals surface area contributed by atoms with Crippen molar-refractivity contribution in [3.8, 4) is 5.82 Å². The van der Waals surface area contributed by atoms with Gasteiger partial charge in [0.2, 0.25) is 11.6 Å². The number of para-hydroxylation sites is 1. The minimum absolute atomic E-state index is 0.00510. The van der Waals surface area contributed by atoms with E-state index in [1.165, 1.54) is 29.1 Å². The van der Waals surface area contributed by atoms with Gasteiger partial charge in [-0.05, 0) is 16.4 Å². The number of carbonyl (C=O) groups excluding carboxylic acids is 1. The predicted molar refractivity (Wildman–Crippen MR) is 107 cm³/mol. The maximum absolute atomic E-state index is 12.8. The summed E-state index contributed by atoms with van der Waals surface area (Å²) in [7, 11) is 0. The van der Waals surface area contributed by atoms with Crippen LogP contribution in [-0.4, -0.2) is 68.7 Å². The van der Waals surface area contributed by atoms with Crippen LogP contribution in [0.5, 0.6) is 0 Å². The first kappa shape index (κ1) is 21.0. The number of amides is 1. The number of carbonyl (C=O) groups is 1. The third-order valence-corrected chi connectivity index (χ3v) is 4.79. The molecule has 3 heterocycles. The van der Waals surface area contributed by atoms with Crippen LogP contribution in [0.25, 0.3) is 5.82 Å². The second-order valence-electron chi connectivity index (χ2n) is 6.82. The highest BCUT2D eigenvalue weighted by atomic mass is 16.6. The number of hydrogen-bond donors (Lipinski definition) is 3. The molecule has 15 nitrogen and oxygen atoms in total. The van der Waals surface area contributed by atoms with Gasteiger partial charge >= 0.3 is 0 Å². The Morgan fingerprint density at radius 1 is 1.34 bits per heavy atom. The summed E-state index contributed by atoms with van der Waals surface area (Å²) in [5.41, 5.74) is 8.65. The van der Waals surface area contributed by atoms with Gasteiger partial charge in [0.05, 0.1) is 29.9 Å². The van der Waals surface area contributed by atoms with Crippen LogP contribution in [0.4, 0.5) is 11.5 Å². The van der Waals surface area contributed by atoms with E-state index in [1.54, 1.807) is 6.07 Å². The zero-order valence-corrected chi connectivity index (χ0v) is 16.7. The molecule has 4 N–H and O–H groups in total. The highest BCUT2D eigenvalue weighted by Crippen LogP contribution is 2.16. The highest BCUT2D eigenvalue weighted by molar-refractivity contribution is 5.94. The molecule has 1 aliphatic heterocycles. The highest BCUT2D eigenvalue weighted by Gasteiger charge is 2.28. The lowest BCUT2D eigenvalue weighted by atomic mass is 10.2. The van der Waals surface area contributed by atoms with Crippen molar-refractivity contribution in [3.05, 3.63) is 51.3 Å². The molecule has 0 spiro atoms. The zero-order valence-electron chi connectivity index (χ0n) is 16.7. The molecule has 1 aliphatic rings. The topological polar surface area (TPSA) is 194 Å². The average Bonchev–Trinajstić information content (AvgIpc) is 3.40. The first-order valence-corrected chi connectivity index (χ1v) is 9.55. The quantitative estimate of drug-likeness (QED) is 0.216. The van der Waals surface area contributed by atoms with E-state index in [4.69, 9.17) is 10.5 Å². The number of ether oxygens (including phenoxy) is 1. The maximum Gasteiger partial charge on any atom is 0.294 e. The van der Waals surface area contributed by atoms with Gasteiger partial charge in [-0.2, -0.15) is 9.78 Å². The Labute approximate surface area is 179 Å². The fourth-order valence-electron chi connectivity index (χ4n) is 3.19. The minimum Gasteiger partial charge on any atom is -0.378 e. The molecule has 1 aromatic carbocycles. The van der Waals surface area contributed by atoms with Crippen LogP contribution in [0.1, 0.15) is 21.7 Å². The van der Waals surface area contributed by atoms with Crippen LogP contribution in [0.3, 0.4) is 0 Å². The second-order valence-corrected chi connectivity index (χ2v) is 6.82. The Kier molecular flexibility index (Phi) is 6.09. The summed E-state index contributed by atoms with van der Waals surface area (Å²) in [6.07, 6.45) is 1.19. The molecule has 32 heavy (non-hydrogen) atoms. The number of hydrazone groups is 1. The van der Waals surface area contributed by atoms with E-state index >= 15 is 0 Å². The van der Waals surface area contributed by atoms with Crippen LogP contribution in [0.2, 0.25) is 0 Å². The van der Waals surface area contributed by atoms with E-state index in [9.17, 15) is 14.9 Å². The Morgan fingerprint density at radius 3 is 2.84 bits per heavy atom. The van der Waals surface area contributed by atoms with Gasteiger partial charge in [0.25, 0.3) is 11.6 Å². The van der Waals surface area contributed by atoms with Gasteiger partial charge < -0.3 is 15.4 Å². The third-order valence-electron chi connectivity index (χ3n) is 4.79. The van der Waals surface area contributed by atoms with Gasteiger partial charge in [0.15, 0.2) is 5.69 Å². The molecule has 0 radical (unpaired) electrons. The molecular weight excluding hydrogens is 424 g/mol. The van der Waals surface area contributed by atoms with E-state index in [2.05, 4.69) is 35.8 Å². The molecule has 1 fully saturated rings. The van der Waals surface area contributed by atoms with E-state index in [0.29, 0.717) is 25.5 Å². The monoisotopic (exact) mass is 443 g/mol. The third kappa shape index (κ3) is 4.42. The fraction of sp³-hybridized carbons (Fsp3) is 0.294. The van der Waals surface area contributed by atoms with Crippen molar-refractivity contribution in [2.45, 2.75) is 6.54 Å². The standard InChI is InChI=1S/C17H18N10O5/c18-15-16(23-32-22-15)26-13(10-25-5-7-31-8-6-25)14(20-24-26)17(28)21-19-9-11-3-1-2-4-12(11)27(29)30/h1-4,9H,5-8,10H2,(H2,18,22)(H,21,28)/p+1/b19-9-. The van der Waals surface area contributed by atoms with Crippen LogP contribution in [-0.2, 0) is 11.3 Å². The number of rotatable bonds is 7. The molecule has 3 aromatic rings. The van der Waals surface area contributed by atoms with Crippen molar-refractivity contribution in [2.24, 2.45) is 5.10 Å². The number of hydrogen-bond acceptors (Lipinski definition) is 11. The number of aromatic nitrogens is 5. The molecule has 0 aliphatic carbocycles. The summed E-state index contributed by atoms with van der Waals surface area (Å²) in [4.78, 5) is 24.5. The van der Waals surface area contributed by atoms with Crippen molar-refractivity contribution < 1.29 is 24.0 Å². The van der Waals surface area contributed by atoms with Crippen LogP contribution >= 0.6 is 0 Å². The van der Waals surface area contributed by atoms with Gasteiger partial charge in [0.1, 0.15) is 25.3 Å². The number of nitrogens with two attached hydrogens (primary N) is 1. The molecule has 0 unspecified atom stereocenters. The maximum atomic E-state index is 12.8. The Balaban J connectivity index is 1.58. The van der Waals surface area contributed by atoms with Crippen molar-refractivity contribution in [1.29, 1.82) is 0 Å². The van der Waals surface area contributed by atoms with E-state index in [1.807, 2.05) is 0 Å². The normalized spacial score (nSPS) is 14.6. The first-order valence-electron chi connectivity index (χ1n) is 9.55. The summed E-state index contributed by atoms with van der Waals surface area (Å²) in [6.45, 7) is 3.03. The number of nitrogens with zero attached hydrogens (tertiary/aromatic N) is 7. The smallest absolute Gasteiger partial charge is 0.294 e. The van der Waals surface area contributed by atoms with Crippen molar-refractivity contribution >= 4 is 23.6 Å². The van der Waals surface area contributed by atoms with E-state index in [0.717, 1.165) is 18.0 Å². The van der Waals surface area contributed by atoms with Gasteiger partial charge in [-0.25, -0.2) is 10.1 Å². The SMILES string of the molecule is Nc1nonc1-n1nnc(C(=O)N/N=C\c2ccccc2[N+](=O)[O-])c1C[NH+]1CCOCC1. The second kappa shape index (κ2) is 9.27. The lowest BCUT2D eigenvalue weighted by molar-refractivity contribution is -0.921. The van der Waals surface area contributed by atoms with Gasteiger partial charge in [0, 0.05) is 6.07 Å². The van der Waals surface area contributed by atoms with Gasteiger partial charge in [-0.3, -0.25) is 14.9 Å². The summed E-state index contributed by atoms with van der Waals surface area (Å²) < 4.78 is 11.3. The zero-order chi connectivity index (χ0) is 22.5. The van der Waals surface area contributed by atoms with Crippen LogP contribution in [0.15, 0.2) is 34.0 Å². The molecule has 0 saturated carbocycles. The Morgan fingerprint density at radius 2 is 2.12 bits per heavy atom. The predicted octanol–water partition coefficient (Wildman–Crippen LogP) is -1.68. The van der Waals surface area contributed by atoms with E-state index in [-0.39, 0.29) is 28.6 Å². The van der Waals surface area contributed by atoms with Gasteiger partial charge in [-0.1, -0.05) is 17.3 Å². The summed E-state index contributed by atoms with van der Waals surface area (Å²) in [5, 5.41) is 30.2. The Hall–Kier alpha value is -4.24. The minimum atomic E-state index is -0.649. The number of nitro benzene ring substituents is 1. The first-order chi connectivity index (χ1) is 15.5. The van der Waals surface area contributed by atoms with Crippen molar-refractivity contribution in [2.75, 3.05) is 32.0 Å². The number of nitrogen functional groups attached to an aromatic ring is 1. The van der Waals surface area contributed by atoms with Crippen molar-refractivity contribution in [1.82, 2.24) is 30.7 Å². The fourth-order valence-corrected chi connectivity index (χ4v) is 3.19. The number of quaternary nitrogens is 1. The number of morpholine rings is 1. The molecule has 4 rings (SSSR count). The van der Waals surface area contributed by atoms with Crippen LogP contribution < -0.4 is 16.1 Å². The summed E-state index contributed by atoms with van der Waals surface area (Å²) in [5.74, 6) is -0.541. The summed E-state index contributed by atoms with van der Waals surface area (Å²) in [6, 6.07) is 6.02. The molecule has 166 valence electrons. The van der Waals surface area contributed by atoms with Crippen molar-refractivity contribution in [3.63, 3.8) is 0 Å². The summed E-state index contributed by atoms with van der Waals surface area (Å²) >= 11 is 0. The number of anilines is 1. The molecule has 15 heteroatoms. The molecule has 1 amide bonds. The largest absolute Gasteiger partial charge is 0.378 e. The van der Waals surface area contributed by atoms with Crippen LogP contribution in [0, 0.1) is 10.1 Å². The number of nitrogens with one attached hydrogen (secondary N) is 2. The number of benzene rings is 1.